The first-order chi connectivity index (χ1) is 9.02. The molecule has 0 bridgehead atoms. The Kier molecular flexibility index (Phi) is 4.22. The molecule has 5 heteroatoms. The van der Waals surface area contributed by atoms with Crippen LogP contribution in [0.2, 0.25) is 5.02 Å². The molecule has 1 N–H and O–H groups in total. The minimum absolute atomic E-state index is 0.443. The number of pyridine rings is 1. The van der Waals surface area contributed by atoms with Crippen molar-refractivity contribution < 1.29 is 5.11 Å². The second-order valence-corrected chi connectivity index (χ2v) is 4.99. The standard InChI is InChI=1S/C14H18ClN3O/c1-4-18-12(14(15)10(3)17-18)7-13(19)11-6-5-9(2)16-8-11/h5-6,8,13,19H,4,7H2,1-3H3. The van der Waals surface area contributed by atoms with E-state index in [1.54, 1.807) is 6.20 Å². The first-order valence-electron chi connectivity index (χ1n) is 6.35. The minimum Gasteiger partial charge on any atom is -0.388 e. The molecule has 0 aromatic carbocycles. The van der Waals surface area contributed by atoms with Gasteiger partial charge in [-0.3, -0.25) is 9.67 Å². The summed E-state index contributed by atoms with van der Waals surface area (Å²) in [4.78, 5) is 4.20. The number of rotatable bonds is 4. The van der Waals surface area contributed by atoms with Crippen molar-refractivity contribution in [2.75, 3.05) is 0 Å². The fourth-order valence-electron chi connectivity index (χ4n) is 2.04. The molecule has 0 fully saturated rings. The van der Waals surface area contributed by atoms with Crippen LogP contribution in [0.3, 0.4) is 0 Å². The Hall–Kier alpha value is -1.39. The van der Waals surface area contributed by atoms with Crippen molar-refractivity contribution in [1.29, 1.82) is 0 Å². The average Bonchev–Trinajstić information content (AvgIpc) is 2.67. The Bertz CT molecular complexity index is 563. The molecule has 0 amide bonds. The van der Waals surface area contributed by atoms with Gasteiger partial charge in [0.05, 0.1) is 22.5 Å². The summed E-state index contributed by atoms with van der Waals surface area (Å²) in [5, 5.41) is 15.3. The summed E-state index contributed by atoms with van der Waals surface area (Å²) < 4.78 is 1.84. The van der Waals surface area contributed by atoms with Gasteiger partial charge in [0.15, 0.2) is 0 Å². The highest BCUT2D eigenvalue weighted by molar-refractivity contribution is 6.31. The zero-order valence-electron chi connectivity index (χ0n) is 11.4. The van der Waals surface area contributed by atoms with E-state index in [2.05, 4.69) is 10.1 Å². The normalized spacial score (nSPS) is 12.7. The van der Waals surface area contributed by atoms with Crippen molar-refractivity contribution in [3.8, 4) is 0 Å². The largest absolute Gasteiger partial charge is 0.388 e. The van der Waals surface area contributed by atoms with Crippen LogP contribution in [-0.2, 0) is 13.0 Å². The van der Waals surface area contributed by atoms with Crippen LogP contribution in [0.1, 0.15) is 35.7 Å². The van der Waals surface area contributed by atoms with Crippen molar-refractivity contribution in [3.05, 3.63) is 46.0 Å². The van der Waals surface area contributed by atoms with Crippen molar-refractivity contribution >= 4 is 11.6 Å². The van der Waals surface area contributed by atoms with E-state index in [0.717, 1.165) is 29.2 Å². The van der Waals surface area contributed by atoms with E-state index >= 15 is 0 Å². The van der Waals surface area contributed by atoms with Gasteiger partial charge in [0.25, 0.3) is 0 Å². The zero-order chi connectivity index (χ0) is 14.0. The van der Waals surface area contributed by atoms with Crippen LogP contribution in [0, 0.1) is 13.8 Å². The van der Waals surface area contributed by atoms with Crippen LogP contribution in [0.25, 0.3) is 0 Å². The SMILES string of the molecule is CCn1nc(C)c(Cl)c1CC(O)c1ccc(C)nc1. The van der Waals surface area contributed by atoms with E-state index in [9.17, 15) is 5.11 Å². The molecule has 102 valence electrons. The highest BCUT2D eigenvalue weighted by atomic mass is 35.5. The number of aliphatic hydroxyl groups is 1. The number of aryl methyl sites for hydroxylation is 3. The lowest BCUT2D eigenvalue weighted by atomic mass is 10.1. The predicted molar refractivity (Wildman–Crippen MR) is 75.3 cm³/mol. The minimum atomic E-state index is -0.619. The van der Waals surface area contributed by atoms with Crippen molar-refractivity contribution in [3.63, 3.8) is 0 Å². The number of aromatic nitrogens is 3. The summed E-state index contributed by atoms with van der Waals surface area (Å²) in [6.07, 6.45) is 1.53. The van der Waals surface area contributed by atoms with Crippen LogP contribution in [0.4, 0.5) is 0 Å². The molecule has 0 aliphatic carbocycles. The van der Waals surface area contributed by atoms with Crippen LogP contribution in [0.5, 0.6) is 0 Å². The topological polar surface area (TPSA) is 50.9 Å². The molecule has 0 saturated carbocycles. The fourth-order valence-corrected chi connectivity index (χ4v) is 2.25. The first kappa shape index (κ1) is 14.0. The molecular formula is C14H18ClN3O. The third-order valence-electron chi connectivity index (χ3n) is 3.16. The quantitative estimate of drug-likeness (QED) is 0.936. The van der Waals surface area contributed by atoms with E-state index < -0.39 is 6.10 Å². The third-order valence-corrected chi connectivity index (χ3v) is 3.65. The number of aliphatic hydroxyl groups excluding tert-OH is 1. The highest BCUT2D eigenvalue weighted by Crippen LogP contribution is 2.25. The average molecular weight is 280 g/mol. The lowest BCUT2D eigenvalue weighted by Gasteiger charge is -2.12. The summed E-state index contributed by atoms with van der Waals surface area (Å²) in [6.45, 7) is 6.54. The van der Waals surface area contributed by atoms with Crippen molar-refractivity contribution in [2.45, 2.75) is 39.8 Å². The molecule has 2 heterocycles. The highest BCUT2D eigenvalue weighted by Gasteiger charge is 2.17. The van der Waals surface area contributed by atoms with Gasteiger partial charge in [0.1, 0.15) is 0 Å². The molecule has 2 rings (SSSR count). The monoisotopic (exact) mass is 279 g/mol. The van der Waals surface area contributed by atoms with Crippen molar-refractivity contribution in [1.82, 2.24) is 14.8 Å². The van der Waals surface area contributed by atoms with Gasteiger partial charge in [0, 0.05) is 24.9 Å². The number of nitrogens with zero attached hydrogens (tertiary/aromatic N) is 3. The van der Waals surface area contributed by atoms with Gasteiger partial charge in [-0.05, 0) is 32.4 Å². The van der Waals surface area contributed by atoms with Crippen LogP contribution in [-0.4, -0.2) is 19.9 Å². The van der Waals surface area contributed by atoms with Crippen molar-refractivity contribution in [2.24, 2.45) is 0 Å². The summed E-state index contributed by atoms with van der Waals surface area (Å²) in [5.41, 5.74) is 3.40. The Labute approximate surface area is 118 Å². The van der Waals surface area contributed by atoms with E-state index in [0.29, 0.717) is 11.4 Å². The zero-order valence-corrected chi connectivity index (χ0v) is 12.1. The van der Waals surface area contributed by atoms with E-state index in [1.807, 2.05) is 37.6 Å². The molecule has 0 saturated heterocycles. The molecule has 1 atom stereocenters. The van der Waals surface area contributed by atoms with Gasteiger partial charge in [-0.1, -0.05) is 17.7 Å². The maximum Gasteiger partial charge on any atom is 0.0860 e. The molecule has 2 aromatic heterocycles. The lowest BCUT2D eigenvalue weighted by Crippen LogP contribution is -2.09. The molecule has 0 aliphatic heterocycles. The molecule has 1 unspecified atom stereocenters. The summed E-state index contributed by atoms with van der Waals surface area (Å²) >= 11 is 6.24. The molecule has 2 aromatic rings. The van der Waals surface area contributed by atoms with E-state index in [-0.39, 0.29) is 0 Å². The molecular weight excluding hydrogens is 262 g/mol. The molecule has 19 heavy (non-hydrogen) atoms. The van der Waals surface area contributed by atoms with Gasteiger partial charge >= 0.3 is 0 Å². The Morgan fingerprint density at radius 3 is 2.68 bits per heavy atom. The molecule has 0 spiro atoms. The smallest absolute Gasteiger partial charge is 0.0860 e. The fraction of sp³-hybridized carbons (Fsp3) is 0.429. The van der Waals surface area contributed by atoms with Crippen LogP contribution in [0.15, 0.2) is 18.3 Å². The Balaban J connectivity index is 2.23. The Morgan fingerprint density at radius 2 is 2.11 bits per heavy atom. The number of hydrogen-bond donors (Lipinski definition) is 1. The maximum atomic E-state index is 10.3. The van der Waals surface area contributed by atoms with Gasteiger partial charge in [0.2, 0.25) is 0 Å². The second-order valence-electron chi connectivity index (χ2n) is 4.61. The summed E-state index contributed by atoms with van der Waals surface area (Å²) in [6, 6.07) is 3.78. The predicted octanol–water partition coefficient (Wildman–Crippen LogP) is 2.84. The van der Waals surface area contributed by atoms with Crippen LogP contribution < -0.4 is 0 Å². The number of halogens is 1. The molecule has 0 radical (unpaired) electrons. The van der Waals surface area contributed by atoms with E-state index in [1.165, 1.54) is 0 Å². The van der Waals surface area contributed by atoms with Crippen LogP contribution >= 0.6 is 11.6 Å². The first-order valence-corrected chi connectivity index (χ1v) is 6.73. The molecule has 4 nitrogen and oxygen atoms in total. The third kappa shape index (κ3) is 2.96. The summed E-state index contributed by atoms with van der Waals surface area (Å²) in [7, 11) is 0. The molecule has 0 aliphatic rings. The van der Waals surface area contributed by atoms with Gasteiger partial charge in [-0.15, -0.1) is 0 Å². The Morgan fingerprint density at radius 1 is 1.37 bits per heavy atom. The van der Waals surface area contributed by atoms with Gasteiger partial charge in [-0.25, -0.2) is 0 Å². The number of hydrogen-bond acceptors (Lipinski definition) is 3. The van der Waals surface area contributed by atoms with Gasteiger partial charge < -0.3 is 5.11 Å². The van der Waals surface area contributed by atoms with Gasteiger partial charge in [-0.2, -0.15) is 5.10 Å². The lowest BCUT2D eigenvalue weighted by molar-refractivity contribution is 0.175. The second kappa shape index (κ2) is 5.72. The maximum absolute atomic E-state index is 10.3. The van der Waals surface area contributed by atoms with E-state index in [4.69, 9.17) is 11.6 Å². The summed E-state index contributed by atoms with van der Waals surface area (Å²) in [5.74, 6) is 0.